The van der Waals surface area contributed by atoms with Crippen molar-refractivity contribution in [1.29, 1.82) is 0 Å². The Morgan fingerprint density at radius 3 is 2.50 bits per heavy atom. The van der Waals surface area contributed by atoms with Crippen LogP contribution in [0, 0.1) is 5.41 Å². The Morgan fingerprint density at radius 1 is 1.17 bits per heavy atom. The lowest BCUT2D eigenvalue weighted by Crippen LogP contribution is -2.47. The van der Waals surface area contributed by atoms with Gasteiger partial charge in [0.05, 0.1) is 7.11 Å². The molecule has 2 saturated heterocycles. The van der Waals surface area contributed by atoms with E-state index in [1.807, 2.05) is 24.0 Å². The summed E-state index contributed by atoms with van der Waals surface area (Å²) in [6, 6.07) is 6.82. The standard InChI is InChI=1S/C21H31N5O4/c1-5-24-13-21(12-18(24)27)14-25(9-10-26(15-21)20(29)23(2)3)19(28)22-16-7-6-8-17(11-16)30-4/h6-8,11H,5,9-10,12-15H2,1-4H3,(H,22,28)/t21-/m0/s1. The van der Waals surface area contributed by atoms with Crippen molar-refractivity contribution in [1.82, 2.24) is 19.6 Å². The third kappa shape index (κ3) is 4.60. The molecule has 1 aromatic rings. The molecule has 0 bridgehead atoms. The average Bonchev–Trinajstić information content (AvgIpc) is 2.91. The van der Waals surface area contributed by atoms with Crippen LogP contribution < -0.4 is 10.1 Å². The third-order valence-electron chi connectivity index (χ3n) is 5.74. The maximum Gasteiger partial charge on any atom is 0.321 e. The van der Waals surface area contributed by atoms with Crippen molar-refractivity contribution in [3.63, 3.8) is 0 Å². The van der Waals surface area contributed by atoms with E-state index >= 15 is 0 Å². The summed E-state index contributed by atoms with van der Waals surface area (Å²) in [5, 5.41) is 2.92. The number of likely N-dealkylation sites (tertiary alicyclic amines) is 1. The molecule has 5 amide bonds. The molecule has 0 aromatic heterocycles. The zero-order chi connectivity index (χ0) is 21.9. The molecular weight excluding hydrogens is 386 g/mol. The predicted octanol–water partition coefficient (Wildman–Crippen LogP) is 1.76. The maximum atomic E-state index is 13.1. The van der Waals surface area contributed by atoms with E-state index in [0.29, 0.717) is 57.1 Å². The molecule has 164 valence electrons. The second kappa shape index (κ2) is 8.81. The Morgan fingerprint density at radius 2 is 1.87 bits per heavy atom. The Balaban J connectivity index is 1.82. The first-order valence-electron chi connectivity index (χ1n) is 10.2. The van der Waals surface area contributed by atoms with Crippen molar-refractivity contribution in [3.05, 3.63) is 24.3 Å². The number of benzene rings is 1. The van der Waals surface area contributed by atoms with E-state index in [9.17, 15) is 14.4 Å². The van der Waals surface area contributed by atoms with Crippen LogP contribution in [0.1, 0.15) is 13.3 Å². The van der Waals surface area contributed by atoms with Crippen molar-refractivity contribution in [2.75, 3.05) is 65.8 Å². The topological polar surface area (TPSA) is 85.4 Å². The molecule has 0 unspecified atom stereocenters. The van der Waals surface area contributed by atoms with E-state index in [1.54, 1.807) is 43.1 Å². The molecule has 3 rings (SSSR count). The van der Waals surface area contributed by atoms with E-state index in [2.05, 4.69) is 5.32 Å². The number of ether oxygens (including phenoxy) is 1. The fourth-order valence-corrected chi connectivity index (χ4v) is 4.26. The number of carbonyl (C=O) groups is 3. The number of rotatable bonds is 3. The highest BCUT2D eigenvalue weighted by atomic mass is 16.5. The van der Waals surface area contributed by atoms with Crippen LogP contribution in [-0.2, 0) is 4.79 Å². The minimum atomic E-state index is -0.471. The molecule has 0 radical (unpaired) electrons. The number of nitrogens with zero attached hydrogens (tertiary/aromatic N) is 4. The van der Waals surface area contributed by atoms with Gasteiger partial charge in [-0.1, -0.05) is 6.07 Å². The number of nitrogens with one attached hydrogen (secondary N) is 1. The summed E-state index contributed by atoms with van der Waals surface area (Å²) >= 11 is 0. The largest absolute Gasteiger partial charge is 0.497 e. The lowest BCUT2D eigenvalue weighted by molar-refractivity contribution is -0.127. The number of hydrogen-bond acceptors (Lipinski definition) is 4. The van der Waals surface area contributed by atoms with Gasteiger partial charge in [-0.15, -0.1) is 0 Å². The Kier molecular flexibility index (Phi) is 6.38. The number of anilines is 1. The summed E-state index contributed by atoms with van der Waals surface area (Å²) in [6.45, 7) is 4.81. The summed E-state index contributed by atoms with van der Waals surface area (Å²) in [6.07, 6.45) is 0.334. The second-order valence-corrected chi connectivity index (χ2v) is 8.27. The molecular formula is C21H31N5O4. The molecule has 1 spiro atoms. The van der Waals surface area contributed by atoms with E-state index in [-0.39, 0.29) is 18.0 Å². The molecule has 9 heteroatoms. The van der Waals surface area contributed by atoms with Gasteiger partial charge in [-0.3, -0.25) is 4.79 Å². The van der Waals surface area contributed by atoms with Crippen molar-refractivity contribution in [2.24, 2.45) is 5.41 Å². The number of amides is 5. The van der Waals surface area contributed by atoms with Gasteiger partial charge >= 0.3 is 12.1 Å². The fraction of sp³-hybridized carbons (Fsp3) is 0.571. The molecule has 9 nitrogen and oxygen atoms in total. The van der Waals surface area contributed by atoms with Crippen molar-refractivity contribution in [3.8, 4) is 5.75 Å². The van der Waals surface area contributed by atoms with Crippen LogP contribution in [0.4, 0.5) is 15.3 Å². The number of urea groups is 2. The SMILES string of the molecule is CCN1C[C@@]2(CC1=O)CN(C(=O)Nc1cccc(OC)c1)CCN(C(=O)N(C)C)C2. The van der Waals surface area contributed by atoms with Gasteiger partial charge in [-0.25, -0.2) is 9.59 Å². The van der Waals surface area contributed by atoms with Gasteiger partial charge in [-0.05, 0) is 19.1 Å². The van der Waals surface area contributed by atoms with Crippen LogP contribution in [0.25, 0.3) is 0 Å². The second-order valence-electron chi connectivity index (χ2n) is 8.27. The molecule has 0 saturated carbocycles. The smallest absolute Gasteiger partial charge is 0.321 e. The predicted molar refractivity (Wildman–Crippen MR) is 114 cm³/mol. The van der Waals surface area contributed by atoms with Crippen LogP contribution in [0.15, 0.2) is 24.3 Å². The molecule has 1 atom stereocenters. The Bertz CT molecular complexity index is 814. The maximum absolute atomic E-state index is 13.1. The summed E-state index contributed by atoms with van der Waals surface area (Å²) in [7, 11) is 5.00. The number of carbonyl (C=O) groups excluding carboxylic acids is 3. The van der Waals surface area contributed by atoms with Gasteiger partial charge in [0.25, 0.3) is 0 Å². The van der Waals surface area contributed by atoms with Crippen LogP contribution in [-0.4, -0.2) is 98.0 Å². The first-order chi connectivity index (χ1) is 14.3. The average molecular weight is 418 g/mol. The van der Waals surface area contributed by atoms with E-state index in [0.717, 1.165) is 0 Å². The summed E-state index contributed by atoms with van der Waals surface area (Å²) in [5.41, 5.74) is 0.164. The van der Waals surface area contributed by atoms with Crippen molar-refractivity contribution >= 4 is 23.7 Å². The molecule has 0 aliphatic carbocycles. The molecule has 30 heavy (non-hydrogen) atoms. The number of methoxy groups -OCH3 is 1. The molecule has 1 aromatic carbocycles. The van der Waals surface area contributed by atoms with Crippen LogP contribution in [0.5, 0.6) is 5.75 Å². The minimum absolute atomic E-state index is 0.0739. The molecule has 2 aliphatic rings. The van der Waals surface area contributed by atoms with Gasteiger partial charge in [0.15, 0.2) is 0 Å². The van der Waals surface area contributed by atoms with Crippen LogP contribution >= 0.6 is 0 Å². The lowest BCUT2D eigenvalue weighted by Gasteiger charge is -2.34. The first kappa shape index (κ1) is 21.7. The first-order valence-corrected chi connectivity index (χ1v) is 10.2. The van der Waals surface area contributed by atoms with Gasteiger partial charge in [0.2, 0.25) is 5.91 Å². The molecule has 1 N–H and O–H groups in total. The lowest BCUT2D eigenvalue weighted by atomic mass is 9.86. The quantitative estimate of drug-likeness (QED) is 0.812. The van der Waals surface area contributed by atoms with Gasteiger partial charge in [-0.2, -0.15) is 0 Å². The van der Waals surface area contributed by atoms with Gasteiger partial charge < -0.3 is 29.7 Å². The van der Waals surface area contributed by atoms with E-state index in [4.69, 9.17) is 4.74 Å². The zero-order valence-electron chi connectivity index (χ0n) is 18.2. The van der Waals surface area contributed by atoms with E-state index in [1.165, 1.54) is 4.90 Å². The number of hydrogen-bond donors (Lipinski definition) is 1. The highest BCUT2D eigenvalue weighted by Gasteiger charge is 2.47. The van der Waals surface area contributed by atoms with Crippen molar-refractivity contribution in [2.45, 2.75) is 13.3 Å². The molecule has 2 aliphatic heterocycles. The Hall–Kier alpha value is -2.97. The van der Waals surface area contributed by atoms with Crippen molar-refractivity contribution < 1.29 is 19.1 Å². The fourth-order valence-electron chi connectivity index (χ4n) is 4.26. The van der Waals surface area contributed by atoms with E-state index < -0.39 is 5.41 Å². The van der Waals surface area contributed by atoms with Crippen LogP contribution in [0.3, 0.4) is 0 Å². The molecule has 2 fully saturated rings. The minimum Gasteiger partial charge on any atom is -0.497 e. The zero-order valence-corrected chi connectivity index (χ0v) is 18.2. The normalized spacial score (nSPS) is 21.6. The van der Waals surface area contributed by atoms with Gasteiger partial charge in [0.1, 0.15) is 5.75 Å². The highest BCUT2D eigenvalue weighted by molar-refractivity contribution is 5.90. The monoisotopic (exact) mass is 417 g/mol. The van der Waals surface area contributed by atoms with Gasteiger partial charge in [0, 0.05) is 77.0 Å². The van der Waals surface area contributed by atoms with Crippen LogP contribution in [0.2, 0.25) is 0 Å². The summed E-state index contributed by atoms with van der Waals surface area (Å²) in [5.74, 6) is 0.729. The third-order valence-corrected chi connectivity index (χ3v) is 5.74. The summed E-state index contributed by atoms with van der Waals surface area (Å²) in [4.78, 5) is 45.1. The summed E-state index contributed by atoms with van der Waals surface area (Å²) < 4.78 is 5.22. The highest BCUT2D eigenvalue weighted by Crippen LogP contribution is 2.35. The molecule has 2 heterocycles. The Labute approximate surface area is 177 Å².